The number of nitrogens with one attached hydrogen (secondary N) is 1. The monoisotopic (exact) mass is 441 g/mol. The summed E-state index contributed by atoms with van der Waals surface area (Å²) in [6.07, 6.45) is 2.35. The first kappa shape index (κ1) is 21.0. The Morgan fingerprint density at radius 1 is 1.14 bits per heavy atom. The minimum Gasteiger partial charge on any atom is -0.322 e. The molecule has 1 aromatic carbocycles. The highest BCUT2D eigenvalue weighted by atomic mass is 35.5. The molecule has 28 heavy (non-hydrogen) atoms. The Labute approximate surface area is 174 Å². The van der Waals surface area contributed by atoms with Gasteiger partial charge in [0.05, 0.1) is 15.5 Å². The van der Waals surface area contributed by atoms with Crippen LogP contribution in [-0.2, 0) is 10.0 Å². The van der Waals surface area contributed by atoms with E-state index in [1.54, 1.807) is 16.4 Å². The number of anilines is 1. The van der Waals surface area contributed by atoms with Gasteiger partial charge in [-0.3, -0.25) is 4.79 Å². The number of pyridine rings is 1. The number of amides is 1. The number of hydrogen-bond donors (Lipinski definition) is 1. The van der Waals surface area contributed by atoms with Crippen LogP contribution in [0, 0.1) is 11.8 Å². The van der Waals surface area contributed by atoms with E-state index in [-0.39, 0.29) is 20.6 Å². The van der Waals surface area contributed by atoms with Crippen LogP contribution in [0.2, 0.25) is 10.2 Å². The number of hydrogen-bond acceptors (Lipinski definition) is 4. The van der Waals surface area contributed by atoms with Crippen LogP contribution in [0.25, 0.3) is 0 Å². The van der Waals surface area contributed by atoms with Gasteiger partial charge in [-0.05, 0) is 48.6 Å². The molecule has 2 heterocycles. The van der Waals surface area contributed by atoms with E-state index in [9.17, 15) is 13.2 Å². The first-order valence-corrected chi connectivity index (χ1v) is 11.1. The molecular formula is C19H21Cl2N3O3S. The van der Waals surface area contributed by atoms with Gasteiger partial charge in [0.15, 0.2) is 0 Å². The molecule has 1 N–H and O–H groups in total. The Balaban J connectivity index is 1.74. The highest BCUT2D eigenvalue weighted by Crippen LogP contribution is 2.27. The van der Waals surface area contributed by atoms with Gasteiger partial charge in [-0.15, -0.1) is 0 Å². The molecule has 1 aliphatic rings. The normalized spacial score (nSPS) is 20.7. The Hall–Kier alpha value is -1.67. The third-order valence-electron chi connectivity index (χ3n) is 4.64. The van der Waals surface area contributed by atoms with Crippen molar-refractivity contribution in [2.45, 2.75) is 25.2 Å². The summed E-state index contributed by atoms with van der Waals surface area (Å²) in [5.74, 6) is 0.245. The van der Waals surface area contributed by atoms with E-state index < -0.39 is 15.9 Å². The Bertz CT molecular complexity index is 970. The second kappa shape index (κ2) is 8.37. The average molecular weight is 442 g/mol. The fourth-order valence-electron chi connectivity index (χ4n) is 3.41. The Morgan fingerprint density at radius 2 is 1.75 bits per heavy atom. The molecule has 0 spiro atoms. The number of carbonyl (C=O) groups is 1. The highest BCUT2D eigenvalue weighted by Gasteiger charge is 2.31. The average Bonchev–Trinajstić information content (AvgIpc) is 2.63. The minimum atomic E-state index is -3.56. The van der Waals surface area contributed by atoms with E-state index in [1.807, 2.05) is 0 Å². The fourth-order valence-corrected chi connectivity index (χ4v) is 5.36. The number of piperidine rings is 1. The van der Waals surface area contributed by atoms with Crippen molar-refractivity contribution in [1.82, 2.24) is 9.29 Å². The molecule has 0 aliphatic carbocycles. The molecule has 1 fully saturated rings. The van der Waals surface area contributed by atoms with Crippen molar-refractivity contribution in [2.24, 2.45) is 11.8 Å². The van der Waals surface area contributed by atoms with Crippen LogP contribution < -0.4 is 5.32 Å². The van der Waals surface area contributed by atoms with Crippen LogP contribution in [0.4, 0.5) is 5.69 Å². The molecule has 1 amide bonds. The first-order valence-electron chi connectivity index (χ1n) is 8.89. The van der Waals surface area contributed by atoms with Crippen LogP contribution in [0.3, 0.4) is 0 Å². The number of aromatic nitrogens is 1. The number of nitrogens with zero attached hydrogens (tertiary/aromatic N) is 2. The summed E-state index contributed by atoms with van der Waals surface area (Å²) in [5, 5.41) is 2.99. The maximum atomic E-state index is 12.9. The molecule has 9 heteroatoms. The maximum Gasteiger partial charge on any atom is 0.257 e. The lowest BCUT2D eigenvalue weighted by molar-refractivity contribution is 0.102. The van der Waals surface area contributed by atoms with Gasteiger partial charge in [-0.25, -0.2) is 13.4 Å². The highest BCUT2D eigenvalue weighted by molar-refractivity contribution is 7.89. The van der Waals surface area contributed by atoms with Crippen LogP contribution in [0.1, 0.15) is 30.6 Å². The van der Waals surface area contributed by atoms with Crippen molar-refractivity contribution >= 4 is 44.8 Å². The lowest BCUT2D eigenvalue weighted by Crippen LogP contribution is -2.42. The fraction of sp³-hybridized carbons (Fsp3) is 0.368. The number of rotatable bonds is 4. The number of benzene rings is 1. The van der Waals surface area contributed by atoms with Crippen LogP contribution >= 0.6 is 23.2 Å². The molecule has 1 saturated heterocycles. The smallest absolute Gasteiger partial charge is 0.257 e. The van der Waals surface area contributed by atoms with E-state index >= 15 is 0 Å². The summed E-state index contributed by atoms with van der Waals surface area (Å²) in [4.78, 5) is 16.4. The zero-order chi connectivity index (χ0) is 20.5. The Morgan fingerprint density at radius 3 is 2.32 bits per heavy atom. The summed E-state index contributed by atoms with van der Waals surface area (Å²) in [6, 6.07) is 7.55. The van der Waals surface area contributed by atoms with Gasteiger partial charge in [0.1, 0.15) is 5.15 Å². The molecule has 2 unspecified atom stereocenters. The van der Waals surface area contributed by atoms with E-state index in [0.29, 0.717) is 30.6 Å². The number of sulfonamides is 1. The van der Waals surface area contributed by atoms with Gasteiger partial charge in [0.25, 0.3) is 5.91 Å². The van der Waals surface area contributed by atoms with Gasteiger partial charge in [0, 0.05) is 25.0 Å². The summed E-state index contributed by atoms with van der Waals surface area (Å²) < 4.78 is 27.4. The van der Waals surface area contributed by atoms with Gasteiger partial charge >= 0.3 is 0 Å². The zero-order valence-electron chi connectivity index (χ0n) is 15.5. The second-order valence-corrected chi connectivity index (χ2v) is 9.95. The predicted octanol–water partition coefficient (Wildman–Crippen LogP) is 4.31. The summed E-state index contributed by atoms with van der Waals surface area (Å²) >= 11 is 11.6. The second-order valence-electron chi connectivity index (χ2n) is 7.24. The summed E-state index contributed by atoms with van der Waals surface area (Å²) in [6.45, 7) is 5.17. The van der Waals surface area contributed by atoms with E-state index in [2.05, 4.69) is 24.1 Å². The van der Waals surface area contributed by atoms with Crippen molar-refractivity contribution in [3.8, 4) is 0 Å². The standard InChI is InChI=1S/C19H21Cl2N3O3S/c1-12-7-13(2)11-24(10-12)28(26,27)16-5-3-15(4-6-16)23-19(25)14-8-17(20)18(21)22-9-14/h3-6,8-9,12-13H,7,10-11H2,1-2H3,(H,23,25). The molecule has 6 nitrogen and oxygen atoms in total. The summed E-state index contributed by atoms with van der Waals surface area (Å²) in [7, 11) is -3.56. The van der Waals surface area contributed by atoms with Crippen molar-refractivity contribution in [3.05, 3.63) is 52.3 Å². The maximum absolute atomic E-state index is 12.9. The molecule has 0 radical (unpaired) electrons. The molecule has 3 rings (SSSR count). The first-order chi connectivity index (χ1) is 13.2. The topological polar surface area (TPSA) is 79.4 Å². The van der Waals surface area contributed by atoms with E-state index in [4.69, 9.17) is 23.2 Å². The zero-order valence-corrected chi connectivity index (χ0v) is 17.9. The molecule has 2 aromatic rings. The molecule has 0 bridgehead atoms. The van der Waals surface area contributed by atoms with Gasteiger partial charge in [-0.1, -0.05) is 37.0 Å². The molecule has 150 valence electrons. The molecule has 1 aromatic heterocycles. The molecule has 1 aliphatic heterocycles. The molecule has 0 saturated carbocycles. The molecular weight excluding hydrogens is 421 g/mol. The lowest BCUT2D eigenvalue weighted by atomic mass is 9.94. The Kier molecular flexibility index (Phi) is 6.29. The lowest BCUT2D eigenvalue weighted by Gasteiger charge is -2.34. The SMILES string of the molecule is CC1CC(C)CN(S(=O)(=O)c2ccc(NC(=O)c3cnc(Cl)c(Cl)c3)cc2)C1. The minimum absolute atomic E-state index is 0.120. The number of halogens is 2. The van der Waals surface area contributed by atoms with Gasteiger partial charge in [0.2, 0.25) is 10.0 Å². The van der Waals surface area contributed by atoms with Crippen molar-refractivity contribution in [2.75, 3.05) is 18.4 Å². The van der Waals surface area contributed by atoms with Crippen LogP contribution in [-0.4, -0.2) is 36.7 Å². The predicted molar refractivity (Wildman–Crippen MR) is 110 cm³/mol. The van der Waals surface area contributed by atoms with Crippen LogP contribution in [0.15, 0.2) is 41.4 Å². The summed E-state index contributed by atoms with van der Waals surface area (Å²) in [5.41, 5.74) is 0.720. The van der Waals surface area contributed by atoms with Crippen molar-refractivity contribution in [3.63, 3.8) is 0 Å². The quantitative estimate of drug-likeness (QED) is 0.716. The third kappa shape index (κ3) is 4.66. The molecule has 2 atom stereocenters. The van der Waals surface area contributed by atoms with E-state index in [1.165, 1.54) is 24.4 Å². The van der Waals surface area contributed by atoms with Gasteiger partial charge in [-0.2, -0.15) is 4.31 Å². The number of carbonyl (C=O) groups excluding carboxylic acids is 1. The van der Waals surface area contributed by atoms with Crippen molar-refractivity contribution in [1.29, 1.82) is 0 Å². The van der Waals surface area contributed by atoms with E-state index in [0.717, 1.165) is 6.42 Å². The van der Waals surface area contributed by atoms with Crippen LogP contribution in [0.5, 0.6) is 0 Å². The third-order valence-corrected chi connectivity index (χ3v) is 7.18. The van der Waals surface area contributed by atoms with Gasteiger partial charge < -0.3 is 5.32 Å². The van der Waals surface area contributed by atoms with Crippen molar-refractivity contribution < 1.29 is 13.2 Å². The largest absolute Gasteiger partial charge is 0.322 e.